The summed E-state index contributed by atoms with van der Waals surface area (Å²) < 4.78 is 0. The summed E-state index contributed by atoms with van der Waals surface area (Å²) in [4.78, 5) is 25.7. The molecule has 0 N–H and O–H groups in total. The average Bonchev–Trinajstić information content (AvgIpc) is 2.46. The fourth-order valence-corrected chi connectivity index (χ4v) is 1.48. The predicted octanol–water partition coefficient (Wildman–Crippen LogP) is -0.508. The lowest BCUT2D eigenvalue weighted by atomic mass is 10.4. The van der Waals surface area contributed by atoms with Crippen molar-refractivity contribution in [2.75, 3.05) is 0 Å². The molecule has 86 valence electrons. The van der Waals surface area contributed by atoms with E-state index < -0.39 is 0 Å². The SMILES string of the molecule is C#CC1=NC2=NC(C#C)=NC3=NC(C#C)=NC(=N1)N23. The van der Waals surface area contributed by atoms with Crippen LogP contribution in [0.25, 0.3) is 0 Å². The summed E-state index contributed by atoms with van der Waals surface area (Å²) in [7, 11) is 0. The molecule has 0 aromatic rings. The van der Waals surface area contributed by atoms with Crippen molar-refractivity contribution in [3.63, 3.8) is 0 Å². The van der Waals surface area contributed by atoms with Crippen molar-refractivity contribution in [2.45, 2.75) is 0 Å². The van der Waals surface area contributed by atoms with Crippen molar-refractivity contribution >= 4 is 35.4 Å². The molecule has 0 saturated heterocycles. The van der Waals surface area contributed by atoms with Gasteiger partial charge in [0.2, 0.25) is 35.4 Å². The molecular weight excluding hydrogens is 242 g/mol. The lowest BCUT2D eigenvalue weighted by Gasteiger charge is -2.28. The number of terminal acetylenes is 3. The number of rotatable bonds is 0. The Hall–Kier alpha value is -3.50. The highest BCUT2D eigenvalue weighted by Gasteiger charge is 2.33. The lowest BCUT2D eigenvalue weighted by molar-refractivity contribution is 0.831. The van der Waals surface area contributed by atoms with E-state index in [9.17, 15) is 0 Å². The first-order valence-corrected chi connectivity index (χ1v) is 4.97. The van der Waals surface area contributed by atoms with E-state index in [1.165, 1.54) is 4.90 Å². The molecular formula is C12H3N7. The molecule has 3 aliphatic rings. The Balaban J connectivity index is 2.26. The third-order valence-corrected chi connectivity index (χ3v) is 2.22. The summed E-state index contributed by atoms with van der Waals surface area (Å²) in [6.45, 7) is 0. The van der Waals surface area contributed by atoms with Gasteiger partial charge in [-0.1, -0.05) is 0 Å². The van der Waals surface area contributed by atoms with Crippen molar-refractivity contribution in [3.05, 3.63) is 0 Å². The van der Waals surface area contributed by atoms with E-state index >= 15 is 0 Å². The maximum atomic E-state index is 5.28. The molecule has 0 aromatic heterocycles. The lowest BCUT2D eigenvalue weighted by Crippen LogP contribution is -2.47. The van der Waals surface area contributed by atoms with Gasteiger partial charge in [0.1, 0.15) is 0 Å². The van der Waals surface area contributed by atoms with Crippen LogP contribution >= 0.6 is 0 Å². The number of hydrogen-bond donors (Lipinski definition) is 0. The quantitative estimate of drug-likeness (QED) is 0.529. The van der Waals surface area contributed by atoms with Gasteiger partial charge in [0.25, 0.3) is 0 Å². The molecule has 3 heterocycles. The summed E-state index contributed by atoms with van der Waals surface area (Å²) in [6.07, 6.45) is 15.8. The smallest absolute Gasteiger partial charge is 0.213 e. The minimum absolute atomic E-state index is 0.129. The zero-order chi connectivity index (χ0) is 13.4. The van der Waals surface area contributed by atoms with Gasteiger partial charge in [0.05, 0.1) is 0 Å². The maximum absolute atomic E-state index is 5.28. The van der Waals surface area contributed by atoms with E-state index in [0.29, 0.717) is 0 Å². The number of hydrogen-bond acceptors (Lipinski definition) is 7. The van der Waals surface area contributed by atoms with E-state index in [2.05, 4.69) is 47.7 Å². The predicted molar refractivity (Wildman–Crippen MR) is 72.9 cm³/mol. The van der Waals surface area contributed by atoms with Crippen LogP contribution in [0.1, 0.15) is 0 Å². The monoisotopic (exact) mass is 245 g/mol. The van der Waals surface area contributed by atoms with Crippen LogP contribution in [0.15, 0.2) is 30.0 Å². The first-order valence-electron chi connectivity index (χ1n) is 4.97. The van der Waals surface area contributed by atoms with E-state index in [0.717, 1.165) is 0 Å². The second kappa shape index (κ2) is 3.76. The maximum Gasteiger partial charge on any atom is 0.244 e. The molecule has 0 saturated carbocycles. The van der Waals surface area contributed by atoms with Gasteiger partial charge in [-0.05, 0) is 17.8 Å². The van der Waals surface area contributed by atoms with Gasteiger partial charge in [-0.15, -0.1) is 19.3 Å². The highest BCUT2D eigenvalue weighted by molar-refractivity contribution is 6.34. The van der Waals surface area contributed by atoms with Crippen LogP contribution < -0.4 is 0 Å². The van der Waals surface area contributed by atoms with Gasteiger partial charge in [-0.3, -0.25) is 0 Å². The average molecular weight is 245 g/mol. The van der Waals surface area contributed by atoms with Gasteiger partial charge in [0.15, 0.2) is 0 Å². The van der Waals surface area contributed by atoms with Crippen molar-refractivity contribution < 1.29 is 0 Å². The van der Waals surface area contributed by atoms with Gasteiger partial charge < -0.3 is 0 Å². The molecule has 0 atom stereocenters. The molecule has 0 fully saturated rings. The standard InChI is InChI=1S/C12H3N7/c1-4-7-13-10-15-8(5-2)17-12-18-9(6-3)16-11(14-7)19(10)12/h1-3H. The van der Waals surface area contributed by atoms with Crippen LogP contribution in [-0.4, -0.2) is 40.3 Å². The van der Waals surface area contributed by atoms with Crippen molar-refractivity contribution in [1.29, 1.82) is 0 Å². The second-order valence-electron chi connectivity index (χ2n) is 3.31. The molecule has 0 amide bonds. The molecule has 0 aliphatic carbocycles. The Labute approximate surface area is 108 Å². The summed E-state index contributed by atoms with van der Waals surface area (Å²) in [5, 5.41) is 0. The Bertz CT molecular complexity index is 687. The number of aliphatic imine (C=N–C) groups is 6. The molecule has 3 aliphatic heterocycles. The highest BCUT2D eigenvalue weighted by Crippen LogP contribution is 2.16. The zero-order valence-corrected chi connectivity index (χ0v) is 9.36. The van der Waals surface area contributed by atoms with E-state index in [1.807, 2.05) is 0 Å². The summed E-state index contributed by atoms with van der Waals surface area (Å²) in [6, 6.07) is 0. The number of amidine groups is 3. The van der Waals surface area contributed by atoms with Gasteiger partial charge in [-0.25, -0.2) is 4.90 Å². The number of guanidine groups is 3. The Morgan fingerprint density at radius 1 is 0.579 bits per heavy atom. The zero-order valence-electron chi connectivity index (χ0n) is 9.36. The third kappa shape index (κ3) is 1.53. The summed E-state index contributed by atoms with van der Waals surface area (Å²) in [5.41, 5.74) is 0. The Morgan fingerprint density at radius 3 is 1.16 bits per heavy atom. The normalized spacial score (nSPS) is 19.1. The topological polar surface area (TPSA) is 77.4 Å². The minimum atomic E-state index is 0.129. The third-order valence-electron chi connectivity index (χ3n) is 2.22. The fraction of sp³-hybridized carbons (Fsp3) is 0. The molecule has 0 unspecified atom stereocenters. The van der Waals surface area contributed by atoms with Crippen LogP contribution in [-0.2, 0) is 0 Å². The van der Waals surface area contributed by atoms with Gasteiger partial charge in [-0.2, -0.15) is 30.0 Å². The fourth-order valence-electron chi connectivity index (χ4n) is 1.48. The first kappa shape index (κ1) is 10.6. The molecule has 0 bridgehead atoms. The van der Waals surface area contributed by atoms with E-state index in [-0.39, 0.29) is 35.4 Å². The van der Waals surface area contributed by atoms with Crippen LogP contribution in [0, 0.1) is 37.0 Å². The van der Waals surface area contributed by atoms with Crippen molar-refractivity contribution in [3.8, 4) is 37.0 Å². The van der Waals surface area contributed by atoms with Gasteiger partial charge in [0, 0.05) is 0 Å². The van der Waals surface area contributed by atoms with E-state index in [4.69, 9.17) is 19.3 Å². The first-order chi connectivity index (χ1) is 9.25. The molecule has 19 heavy (non-hydrogen) atoms. The Kier molecular flexibility index (Phi) is 2.11. The minimum Gasteiger partial charge on any atom is -0.213 e. The summed E-state index contributed by atoms with van der Waals surface area (Å²) >= 11 is 0. The molecule has 0 aromatic carbocycles. The number of nitrogens with zero attached hydrogens (tertiary/aromatic N) is 7. The van der Waals surface area contributed by atoms with Crippen LogP contribution in [0.2, 0.25) is 0 Å². The largest absolute Gasteiger partial charge is 0.244 e. The second-order valence-corrected chi connectivity index (χ2v) is 3.31. The van der Waals surface area contributed by atoms with Crippen LogP contribution in [0.5, 0.6) is 0 Å². The molecule has 3 rings (SSSR count). The van der Waals surface area contributed by atoms with Crippen LogP contribution in [0.4, 0.5) is 0 Å². The van der Waals surface area contributed by atoms with Crippen LogP contribution in [0.3, 0.4) is 0 Å². The van der Waals surface area contributed by atoms with Crippen molar-refractivity contribution in [1.82, 2.24) is 4.90 Å². The van der Waals surface area contributed by atoms with Crippen molar-refractivity contribution in [2.24, 2.45) is 30.0 Å². The molecule has 7 nitrogen and oxygen atoms in total. The van der Waals surface area contributed by atoms with Gasteiger partial charge >= 0.3 is 0 Å². The Morgan fingerprint density at radius 2 is 0.895 bits per heavy atom. The molecule has 0 spiro atoms. The van der Waals surface area contributed by atoms with E-state index in [1.54, 1.807) is 0 Å². The molecule has 0 radical (unpaired) electrons. The summed E-state index contributed by atoms with van der Waals surface area (Å²) in [5.74, 6) is 7.98. The molecule has 7 heteroatoms. The highest BCUT2D eigenvalue weighted by atomic mass is 15.5.